The van der Waals surface area contributed by atoms with Gasteiger partial charge in [0.25, 0.3) is 0 Å². The Labute approximate surface area is 94.6 Å². The number of hydrogen-bond donors (Lipinski definition) is 0. The molecule has 0 atom stereocenters. The molecule has 0 unspecified atom stereocenters. The van der Waals surface area contributed by atoms with E-state index in [9.17, 15) is 0 Å². The molecule has 0 spiro atoms. The van der Waals surface area contributed by atoms with Crippen molar-refractivity contribution in [1.82, 2.24) is 0 Å². The Bertz CT molecular complexity index is 596. The van der Waals surface area contributed by atoms with Gasteiger partial charge in [-0.2, -0.15) is 5.26 Å². The van der Waals surface area contributed by atoms with Gasteiger partial charge in [0.05, 0.1) is 18.2 Å². The Morgan fingerprint density at radius 2 is 1.62 bits per heavy atom. The first-order valence-corrected chi connectivity index (χ1v) is 4.98. The van der Waals surface area contributed by atoms with Crippen molar-refractivity contribution in [3.05, 3.63) is 52.4 Å². The maximum Gasteiger partial charge on any atom is 0.205 e. The molecule has 76 valence electrons. The predicted octanol–water partition coefficient (Wildman–Crippen LogP) is 3.88. The summed E-state index contributed by atoms with van der Waals surface area (Å²) in [5.74, 6) is 0. The van der Waals surface area contributed by atoms with Gasteiger partial charge in [-0.1, -0.05) is 12.1 Å². The predicted molar refractivity (Wildman–Crippen MR) is 64.4 cm³/mol. The van der Waals surface area contributed by atoms with Crippen molar-refractivity contribution in [2.24, 2.45) is 0 Å². The highest BCUT2D eigenvalue weighted by molar-refractivity contribution is 5.89. The molecule has 0 heterocycles. The van der Waals surface area contributed by atoms with Gasteiger partial charge in [0, 0.05) is 0 Å². The van der Waals surface area contributed by atoms with Crippen LogP contribution in [-0.4, -0.2) is 0 Å². The summed E-state index contributed by atoms with van der Waals surface area (Å²) in [7, 11) is 0. The average Bonchev–Trinajstić information content (AvgIpc) is 2.29. The number of rotatable bonds is 0. The van der Waals surface area contributed by atoms with E-state index in [0.29, 0.717) is 11.3 Å². The van der Waals surface area contributed by atoms with Crippen molar-refractivity contribution in [2.45, 2.75) is 13.8 Å². The molecule has 0 aliphatic carbocycles. The van der Waals surface area contributed by atoms with Crippen LogP contribution in [0.4, 0.5) is 5.69 Å². The maximum absolute atomic E-state index is 8.94. The van der Waals surface area contributed by atoms with E-state index in [2.05, 4.69) is 23.0 Å². The lowest BCUT2D eigenvalue weighted by Crippen LogP contribution is -1.83. The first-order chi connectivity index (χ1) is 7.65. The van der Waals surface area contributed by atoms with Crippen LogP contribution in [0.3, 0.4) is 0 Å². The molecule has 0 saturated carbocycles. The van der Waals surface area contributed by atoms with Gasteiger partial charge in [0.2, 0.25) is 5.69 Å². The smallest absolute Gasteiger partial charge is 0.205 e. The zero-order valence-corrected chi connectivity index (χ0v) is 9.20. The Hall–Kier alpha value is -2.32. The van der Waals surface area contributed by atoms with Crippen LogP contribution in [0.2, 0.25) is 0 Å². The first-order valence-electron chi connectivity index (χ1n) is 4.98. The molecule has 0 aromatic heterocycles. The second-order valence-corrected chi connectivity index (χ2v) is 3.88. The normalized spacial score (nSPS) is 9.75. The summed E-state index contributed by atoms with van der Waals surface area (Å²) in [6.07, 6.45) is 0. The third kappa shape index (κ3) is 1.51. The molecule has 2 heteroatoms. The third-order valence-corrected chi connectivity index (χ3v) is 2.81. The van der Waals surface area contributed by atoms with E-state index in [1.165, 1.54) is 11.1 Å². The SMILES string of the molecule is [C-]#[N+]c1cc2cc(C)c(C)cc2cc1C#N. The minimum absolute atomic E-state index is 0.429. The molecule has 0 fully saturated rings. The highest BCUT2D eigenvalue weighted by atomic mass is 14.6. The number of nitriles is 1. The van der Waals surface area contributed by atoms with Crippen LogP contribution in [0.1, 0.15) is 16.7 Å². The lowest BCUT2D eigenvalue weighted by molar-refractivity contribution is 1.36. The van der Waals surface area contributed by atoms with Crippen LogP contribution >= 0.6 is 0 Å². The summed E-state index contributed by atoms with van der Waals surface area (Å²) in [4.78, 5) is 3.37. The highest BCUT2D eigenvalue weighted by Crippen LogP contribution is 2.27. The molecule has 0 bridgehead atoms. The van der Waals surface area contributed by atoms with Gasteiger partial charge in [0.15, 0.2) is 0 Å². The van der Waals surface area contributed by atoms with E-state index in [1.54, 1.807) is 12.1 Å². The first kappa shape index (κ1) is 10.2. The van der Waals surface area contributed by atoms with Gasteiger partial charge >= 0.3 is 0 Å². The molecule has 0 aliphatic heterocycles. The summed E-state index contributed by atoms with van der Waals surface area (Å²) >= 11 is 0. The van der Waals surface area contributed by atoms with Gasteiger partial charge in [-0.15, -0.1) is 0 Å². The molecule has 0 saturated heterocycles. The van der Waals surface area contributed by atoms with Crippen molar-refractivity contribution >= 4 is 16.5 Å². The third-order valence-electron chi connectivity index (χ3n) is 2.81. The molecule has 0 aliphatic rings. The Morgan fingerprint density at radius 1 is 1.06 bits per heavy atom. The second kappa shape index (κ2) is 3.68. The van der Waals surface area contributed by atoms with Crippen molar-refractivity contribution < 1.29 is 0 Å². The summed E-state index contributed by atoms with van der Waals surface area (Å²) in [5, 5.41) is 11.0. The quantitative estimate of drug-likeness (QED) is 0.601. The fraction of sp³-hybridized carbons (Fsp3) is 0.143. The van der Waals surface area contributed by atoms with Gasteiger partial charge in [-0.25, -0.2) is 4.85 Å². The average molecular weight is 206 g/mol. The molecule has 0 radical (unpaired) electrons. The van der Waals surface area contributed by atoms with Crippen LogP contribution < -0.4 is 0 Å². The lowest BCUT2D eigenvalue weighted by Gasteiger charge is -2.05. The summed E-state index contributed by atoms with van der Waals surface area (Å²) in [6.45, 7) is 11.1. The maximum atomic E-state index is 8.94. The van der Waals surface area contributed by atoms with Crippen molar-refractivity contribution in [1.29, 1.82) is 5.26 Å². The van der Waals surface area contributed by atoms with E-state index in [1.807, 2.05) is 13.8 Å². The topological polar surface area (TPSA) is 28.1 Å². The molecule has 16 heavy (non-hydrogen) atoms. The molecule has 2 aromatic rings. The molecule has 2 rings (SSSR count). The Kier molecular flexibility index (Phi) is 2.35. The van der Waals surface area contributed by atoms with Crippen molar-refractivity contribution in [3.63, 3.8) is 0 Å². The van der Waals surface area contributed by atoms with Crippen LogP contribution in [-0.2, 0) is 0 Å². The summed E-state index contributed by atoms with van der Waals surface area (Å²) < 4.78 is 0. The fourth-order valence-corrected chi connectivity index (χ4v) is 1.75. The van der Waals surface area contributed by atoms with E-state index < -0.39 is 0 Å². The molecular weight excluding hydrogens is 196 g/mol. The van der Waals surface area contributed by atoms with Crippen LogP contribution in [0.25, 0.3) is 15.6 Å². The fourth-order valence-electron chi connectivity index (χ4n) is 1.75. The molecule has 2 aromatic carbocycles. The molecule has 0 N–H and O–H groups in total. The summed E-state index contributed by atoms with van der Waals surface area (Å²) in [5.41, 5.74) is 3.28. The largest absolute Gasteiger partial charge is 0.237 e. The molecule has 0 amide bonds. The molecular formula is C14H10N2. The summed E-state index contributed by atoms with van der Waals surface area (Å²) in [6, 6.07) is 9.74. The van der Waals surface area contributed by atoms with E-state index in [0.717, 1.165) is 10.8 Å². The Morgan fingerprint density at radius 3 is 2.12 bits per heavy atom. The zero-order chi connectivity index (χ0) is 11.7. The lowest BCUT2D eigenvalue weighted by atomic mass is 10.0. The molecule has 2 nitrogen and oxygen atoms in total. The number of fused-ring (bicyclic) bond motifs is 1. The van der Waals surface area contributed by atoms with Gasteiger partial charge in [0.1, 0.15) is 0 Å². The van der Waals surface area contributed by atoms with Crippen LogP contribution in [0.15, 0.2) is 24.3 Å². The van der Waals surface area contributed by atoms with E-state index >= 15 is 0 Å². The highest BCUT2D eigenvalue weighted by Gasteiger charge is 2.05. The van der Waals surface area contributed by atoms with Gasteiger partial charge in [-0.3, -0.25) is 0 Å². The standard InChI is InChI=1S/C14H10N2/c1-9-4-11-6-13(8-15)14(16-3)7-12(11)5-10(9)2/h4-7H,1-2H3. The van der Waals surface area contributed by atoms with Crippen molar-refractivity contribution in [3.8, 4) is 6.07 Å². The number of benzene rings is 2. The minimum atomic E-state index is 0.429. The number of nitrogens with zero attached hydrogens (tertiary/aromatic N) is 2. The van der Waals surface area contributed by atoms with Crippen LogP contribution in [0, 0.1) is 31.8 Å². The van der Waals surface area contributed by atoms with Crippen LogP contribution in [0.5, 0.6) is 0 Å². The number of hydrogen-bond acceptors (Lipinski definition) is 1. The van der Waals surface area contributed by atoms with E-state index in [-0.39, 0.29) is 0 Å². The minimum Gasteiger partial charge on any atom is -0.237 e. The van der Waals surface area contributed by atoms with Crippen molar-refractivity contribution in [2.75, 3.05) is 0 Å². The number of aryl methyl sites for hydroxylation is 2. The van der Waals surface area contributed by atoms with E-state index in [4.69, 9.17) is 11.8 Å². The monoisotopic (exact) mass is 206 g/mol. The zero-order valence-electron chi connectivity index (χ0n) is 9.20. The second-order valence-electron chi connectivity index (χ2n) is 3.88. The Balaban J connectivity index is 2.86. The van der Waals surface area contributed by atoms with Gasteiger partial charge < -0.3 is 0 Å². The van der Waals surface area contributed by atoms with Gasteiger partial charge in [-0.05, 0) is 47.9 Å².